The van der Waals surface area contributed by atoms with Gasteiger partial charge in [-0.15, -0.1) is 0 Å². The van der Waals surface area contributed by atoms with Crippen LogP contribution in [0.1, 0.15) is 46.5 Å². The summed E-state index contributed by atoms with van der Waals surface area (Å²) >= 11 is 3.54. The number of halogens is 1. The normalized spacial score (nSPS) is 13.8. The summed E-state index contributed by atoms with van der Waals surface area (Å²) in [7, 11) is 1.45. The summed E-state index contributed by atoms with van der Waals surface area (Å²) < 4.78 is 4.63. The smallest absolute Gasteiger partial charge is 0.310 e. The van der Waals surface area contributed by atoms with Gasteiger partial charge in [0.05, 0.1) is 13.0 Å². The van der Waals surface area contributed by atoms with Crippen molar-refractivity contribution in [3.63, 3.8) is 0 Å². The minimum Gasteiger partial charge on any atom is -0.469 e. The van der Waals surface area contributed by atoms with E-state index in [0.29, 0.717) is 0 Å². The number of unbranched alkanes of at least 4 members (excludes halogenated alkanes) is 2. The van der Waals surface area contributed by atoms with Crippen LogP contribution in [0.4, 0.5) is 0 Å². The van der Waals surface area contributed by atoms with Crippen LogP contribution in [0.2, 0.25) is 0 Å². The van der Waals surface area contributed by atoms with Gasteiger partial charge in [-0.2, -0.15) is 0 Å². The Labute approximate surface area is 95.5 Å². The van der Waals surface area contributed by atoms with Crippen molar-refractivity contribution < 1.29 is 9.53 Å². The molecule has 0 rings (SSSR count). The number of methoxy groups -OCH3 is 1. The molecular weight excluding hydrogens is 244 g/mol. The molecule has 2 nitrogen and oxygen atoms in total. The summed E-state index contributed by atoms with van der Waals surface area (Å²) in [5, 5.41) is 0. The van der Waals surface area contributed by atoms with Gasteiger partial charge in [-0.3, -0.25) is 4.79 Å². The third kappa shape index (κ3) is 4.99. The van der Waals surface area contributed by atoms with Gasteiger partial charge in [0.15, 0.2) is 0 Å². The highest BCUT2D eigenvalue weighted by atomic mass is 79.9. The van der Waals surface area contributed by atoms with E-state index >= 15 is 0 Å². The fourth-order valence-corrected chi connectivity index (χ4v) is 1.90. The lowest BCUT2D eigenvalue weighted by molar-refractivity contribution is -0.146. The first-order valence-electron chi connectivity index (χ1n) is 5.20. The lowest BCUT2D eigenvalue weighted by atomic mass is 9.90. The monoisotopic (exact) mass is 264 g/mol. The van der Waals surface area contributed by atoms with Gasteiger partial charge in [-0.25, -0.2) is 0 Å². The molecule has 0 aliphatic rings. The van der Waals surface area contributed by atoms with E-state index < -0.39 is 0 Å². The zero-order valence-corrected chi connectivity index (χ0v) is 11.2. The molecule has 1 unspecified atom stereocenters. The standard InChI is InChI=1S/C11H21BrO2/c1-5-6-7-8-9(10(13)14-4)11(2,3)12/h9H,5-8H2,1-4H3. The van der Waals surface area contributed by atoms with Gasteiger partial charge in [0.1, 0.15) is 0 Å². The predicted molar refractivity (Wildman–Crippen MR) is 62.7 cm³/mol. The number of hydrogen-bond donors (Lipinski definition) is 0. The zero-order valence-electron chi connectivity index (χ0n) is 9.60. The van der Waals surface area contributed by atoms with Crippen LogP contribution in [0.25, 0.3) is 0 Å². The van der Waals surface area contributed by atoms with Gasteiger partial charge in [0.2, 0.25) is 0 Å². The third-order valence-electron chi connectivity index (χ3n) is 2.41. The molecule has 0 N–H and O–H groups in total. The molecule has 0 saturated heterocycles. The average molecular weight is 265 g/mol. The highest BCUT2D eigenvalue weighted by molar-refractivity contribution is 9.10. The second-order valence-corrected chi connectivity index (χ2v) is 6.18. The van der Waals surface area contributed by atoms with Crippen LogP contribution in [0.5, 0.6) is 0 Å². The number of carbonyl (C=O) groups is 1. The van der Waals surface area contributed by atoms with Gasteiger partial charge in [-0.05, 0) is 20.3 Å². The molecule has 1 atom stereocenters. The van der Waals surface area contributed by atoms with Crippen molar-refractivity contribution in [2.75, 3.05) is 7.11 Å². The lowest BCUT2D eigenvalue weighted by Gasteiger charge is -2.26. The molecule has 14 heavy (non-hydrogen) atoms. The van der Waals surface area contributed by atoms with Crippen LogP contribution >= 0.6 is 15.9 Å². The maximum atomic E-state index is 11.5. The molecule has 0 aromatic rings. The third-order valence-corrected chi connectivity index (χ3v) is 2.96. The Balaban J connectivity index is 4.19. The molecule has 0 bridgehead atoms. The molecule has 84 valence electrons. The van der Waals surface area contributed by atoms with E-state index in [-0.39, 0.29) is 16.2 Å². The lowest BCUT2D eigenvalue weighted by Crippen LogP contribution is -2.32. The van der Waals surface area contributed by atoms with Crippen LogP contribution in [0.15, 0.2) is 0 Å². The molecule has 0 aromatic carbocycles. The van der Waals surface area contributed by atoms with Crippen molar-refractivity contribution in [2.24, 2.45) is 5.92 Å². The molecule has 0 heterocycles. The van der Waals surface area contributed by atoms with Crippen LogP contribution in [-0.4, -0.2) is 17.4 Å². The first-order chi connectivity index (χ1) is 6.43. The molecule has 0 aliphatic heterocycles. The summed E-state index contributed by atoms with van der Waals surface area (Å²) in [4.78, 5) is 11.5. The minimum atomic E-state index is -0.173. The van der Waals surface area contributed by atoms with Gasteiger partial charge >= 0.3 is 5.97 Å². The molecular formula is C11H21BrO2. The zero-order chi connectivity index (χ0) is 11.2. The van der Waals surface area contributed by atoms with Crippen LogP contribution in [0, 0.1) is 5.92 Å². The number of ether oxygens (including phenoxy) is 1. The first-order valence-corrected chi connectivity index (χ1v) is 5.99. The number of hydrogen-bond acceptors (Lipinski definition) is 2. The van der Waals surface area contributed by atoms with Crippen LogP contribution < -0.4 is 0 Å². The number of rotatable bonds is 6. The predicted octanol–water partition coefficient (Wildman–Crippen LogP) is 3.53. The maximum absolute atomic E-state index is 11.5. The van der Waals surface area contributed by atoms with E-state index in [4.69, 9.17) is 4.74 Å². The minimum absolute atomic E-state index is 0.0425. The summed E-state index contributed by atoms with van der Waals surface area (Å²) in [6, 6.07) is 0. The number of alkyl halides is 1. The Morgan fingerprint density at radius 3 is 2.36 bits per heavy atom. The fraction of sp³-hybridized carbons (Fsp3) is 0.909. The Hall–Kier alpha value is -0.0500. The van der Waals surface area contributed by atoms with E-state index in [2.05, 4.69) is 22.9 Å². The van der Waals surface area contributed by atoms with Gasteiger partial charge < -0.3 is 4.74 Å². The van der Waals surface area contributed by atoms with E-state index in [0.717, 1.165) is 12.8 Å². The molecule has 0 spiro atoms. The Morgan fingerprint density at radius 2 is 2.00 bits per heavy atom. The van der Waals surface area contributed by atoms with Crippen molar-refractivity contribution >= 4 is 21.9 Å². The first kappa shape index (κ1) is 13.9. The largest absolute Gasteiger partial charge is 0.469 e. The second kappa shape index (κ2) is 6.44. The van der Waals surface area contributed by atoms with Gasteiger partial charge in [-0.1, -0.05) is 42.1 Å². The molecule has 0 radical (unpaired) electrons. The molecule has 3 heteroatoms. The van der Waals surface area contributed by atoms with Crippen molar-refractivity contribution in [3.05, 3.63) is 0 Å². The number of esters is 1. The Bertz CT molecular complexity index is 173. The highest BCUT2D eigenvalue weighted by Gasteiger charge is 2.33. The molecule has 0 saturated carbocycles. The highest BCUT2D eigenvalue weighted by Crippen LogP contribution is 2.31. The van der Waals surface area contributed by atoms with Crippen molar-refractivity contribution in [1.29, 1.82) is 0 Å². The van der Waals surface area contributed by atoms with Crippen LogP contribution in [-0.2, 0) is 9.53 Å². The Kier molecular flexibility index (Phi) is 6.41. The topological polar surface area (TPSA) is 26.3 Å². The quantitative estimate of drug-likeness (QED) is 0.417. The van der Waals surface area contributed by atoms with E-state index in [9.17, 15) is 4.79 Å². The fourth-order valence-electron chi connectivity index (χ4n) is 1.48. The van der Waals surface area contributed by atoms with E-state index in [1.54, 1.807) is 0 Å². The molecule has 0 aliphatic carbocycles. The molecule has 0 fully saturated rings. The van der Waals surface area contributed by atoms with Crippen molar-refractivity contribution in [1.82, 2.24) is 0 Å². The summed E-state index contributed by atoms with van der Waals surface area (Å²) in [6.45, 7) is 6.19. The summed E-state index contributed by atoms with van der Waals surface area (Å²) in [5.41, 5.74) is 0. The van der Waals surface area contributed by atoms with Gasteiger partial charge in [0, 0.05) is 4.32 Å². The van der Waals surface area contributed by atoms with Crippen molar-refractivity contribution in [3.8, 4) is 0 Å². The molecule has 0 amide bonds. The van der Waals surface area contributed by atoms with Crippen molar-refractivity contribution in [2.45, 2.75) is 50.8 Å². The SMILES string of the molecule is CCCCCC(C(=O)OC)C(C)(C)Br. The summed E-state index contributed by atoms with van der Waals surface area (Å²) in [6.07, 6.45) is 4.34. The van der Waals surface area contributed by atoms with E-state index in [1.165, 1.54) is 20.0 Å². The average Bonchev–Trinajstić information content (AvgIpc) is 2.09. The number of carbonyl (C=O) groups excluding carboxylic acids is 1. The molecule has 0 aromatic heterocycles. The van der Waals surface area contributed by atoms with E-state index in [1.807, 2.05) is 13.8 Å². The summed E-state index contributed by atoms with van der Waals surface area (Å²) in [5.74, 6) is -0.151. The van der Waals surface area contributed by atoms with Crippen LogP contribution in [0.3, 0.4) is 0 Å². The Morgan fingerprint density at radius 1 is 1.43 bits per heavy atom. The maximum Gasteiger partial charge on any atom is 0.310 e. The van der Waals surface area contributed by atoms with Gasteiger partial charge in [0.25, 0.3) is 0 Å². The second-order valence-electron chi connectivity index (χ2n) is 4.14.